The Morgan fingerprint density at radius 3 is 2.30 bits per heavy atom. The topological polar surface area (TPSA) is 84.9 Å². The molecule has 0 saturated carbocycles. The van der Waals surface area contributed by atoms with Crippen molar-refractivity contribution in [2.24, 2.45) is 0 Å². The van der Waals surface area contributed by atoms with E-state index in [2.05, 4.69) is 5.32 Å². The van der Waals surface area contributed by atoms with E-state index < -0.39 is 23.7 Å². The van der Waals surface area contributed by atoms with Gasteiger partial charge in [-0.1, -0.05) is 24.3 Å². The normalized spacial score (nSPS) is 12.5. The number of methoxy groups -OCH3 is 1. The Hall–Kier alpha value is -2.08. The molecule has 0 heterocycles. The number of alkyl carbamates (subject to hydrolysis) is 1. The highest BCUT2D eigenvalue weighted by molar-refractivity contribution is 5.81. The molecule has 0 bridgehead atoms. The van der Waals surface area contributed by atoms with Crippen LogP contribution in [-0.4, -0.2) is 36.5 Å². The third-order valence-corrected chi connectivity index (χ3v) is 3.03. The number of carboxylic acid groups (broad SMARTS) is 1. The molecule has 0 saturated heterocycles. The van der Waals surface area contributed by atoms with Gasteiger partial charge < -0.3 is 19.9 Å². The van der Waals surface area contributed by atoms with E-state index in [1.807, 2.05) is 12.1 Å². The summed E-state index contributed by atoms with van der Waals surface area (Å²) in [6.45, 7) is 5.84. The third-order valence-electron chi connectivity index (χ3n) is 3.03. The number of aliphatic carboxylic acids is 1. The first kappa shape index (κ1) is 19.0. The molecule has 6 nitrogen and oxygen atoms in total. The van der Waals surface area contributed by atoms with E-state index in [0.717, 1.165) is 18.4 Å². The van der Waals surface area contributed by atoms with Gasteiger partial charge in [0.2, 0.25) is 0 Å². The fourth-order valence-corrected chi connectivity index (χ4v) is 2.01. The summed E-state index contributed by atoms with van der Waals surface area (Å²) in [6, 6.07) is 5.99. The molecule has 128 valence electrons. The summed E-state index contributed by atoms with van der Waals surface area (Å²) in [4.78, 5) is 23.2. The SMILES string of the molecule is COCCCc1ccc(C(NC(=O)OC(C)(C)C)C(=O)O)cc1. The number of nitrogens with one attached hydrogen (secondary N) is 1. The van der Waals surface area contributed by atoms with Crippen LogP contribution in [0.15, 0.2) is 24.3 Å². The Bertz CT molecular complexity index is 519. The first-order valence-electron chi connectivity index (χ1n) is 7.53. The minimum atomic E-state index is -1.14. The number of hydrogen-bond donors (Lipinski definition) is 2. The van der Waals surface area contributed by atoms with E-state index >= 15 is 0 Å². The zero-order valence-corrected chi connectivity index (χ0v) is 14.1. The van der Waals surface area contributed by atoms with Crippen LogP contribution in [-0.2, 0) is 20.7 Å². The molecule has 0 aliphatic heterocycles. The maximum atomic E-state index is 11.8. The molecule has 23 heavy (non-hydrogen) atoms. The first-order valence-corrected chi connectivity index (χ1v) is 7.53. The highest BCUT2D eigenvalue weighted by Gasteiger charge is 2.25. The molecule has 1 aromatic carbocycles. The van der Waals surface area contributed by atoms with Gasteiger partial charge in [-0.25, -0.2) is 9.59 Å². The minimum Gasteiger partial charge on any atom is -0.479 e. The number of carbonyl (C=O) groups is 2. The lowest BCUT2D eigenvalue weighted by Crippen LogP contribution is -2.38. The fourth-order valence-electron chi connectivity index (χ4n) is 2.01. The molecule has 1 rings (SSSR count). The molecule has 0 aliphatic rings. The second-order valence-corrected chi connectivity index (χ2v) is 6.26. The summed E-state index contributed by atoms with van der Waals surface area (Å²) in [7, 11) is 1.66. The average molecular weight is 323 g/mol. The molecule has 0 aliphatic carbocycles. The van der Waals surface area contributed by atoms with Gasteiger partial charge in [-0.05, 0) is 44.7 Å². The lowest BCUT2D eigenvalue weighted by atomic mass is 10.0. The molecule has 0 radical (unpaired) electrons. The summed E-state index contributed by atoms with van der Waals surface area (Å²) in [5, 5.41) is 11.7. The van der Waals surface area contributed by atoms with Gasteiger partial charge in [0.05, 0.1) is 0 Å². The van der Waals surface area contributed by atoms with Crippen molar-refractivity contribution in [2.45, 2.75) is 45.3 Å². The van der Waals surface area contributed by atoms with Gasteiger partial charge in [-0.3, -0.25) is 0 Å². The number of ether oxygens (including phenoxy) is 2. The lowest BCUT2D eigenvalue weighted by Gasteiger charge is -2.22. The molecule has 2 N–H and O–H groups in total. The van der Waals surface area contributed by atoms with Crippen LogP contribution in [0.2, 0.25) is 0 Å². The number of aryl methyl sites for hydroxylation is 1. The van der Waals surface area contributed by atoms with Crippen molar-refractivity contribution in [3.8, 4) is 0 Å². The van der Waals surface area contributed by atoms with Gasteiger partial charge in [-0.2, -0.15) is 0 Å². The molecule has 1 atom stereocenters. The number of benzene rings is 1. The van der Waals surface area contributed by atoms with Gasteiger partial charge in [-0.15, -0.1) is 0 Å². The standard InChI is InChI=1S/C17H25NO5/c1-17(2,3)23-16(21)18-14(15(19)20)13-9-7-12(8-10-13)6-5-11-22-4/h7-10,14H,5-6,11H2,1-4H3,(H,18,21)(H,19,20). The van der Waals surface area contributed by atoms with E-state index in [0.29, 0.717) is 12.2 Å². The predicted octanol–water partition coefficient (Wildman–Crippen LogP) is 2.92. The first-order chi connectivity index (χ1) is 10.7. The molecule has 0 aromatic heterocycles. The predicted molar refractivity (Wildman–Crippen MR) is 86.4 cm³/mol. The van der Waals surface area contributed by atoms with Crippen LogP contribution in [0.4, 0.5) is 4.79 Å². The fraction of sp³-hybridized carbons (Fsp3) is 0.529. The second kappa shape index (κ2) is 8.53. The quantitative estimate of drug-likeness (QED) is 0.754. The second-order valence-electron chi connectivity index (χ2n) is 6.26. The smallest absolute Gasteiger partial charge is 0.408 e. The zero-order chi connectivity index (χ0) is 17.5. The summed E-state index contributed by atoms with van der Waals surface area (Å²) in [5.41, 5.74) is 0.907. The average Bonchev–Trinajstić information content (AvgIpc) is 2.44. The Labute approximate surface area is 136 Å². The molecular formula is C17H25NO5. The number of amides is 1. The van der Waals surface area contributed by atoms with Crippen LogP contribution in [0, 0.1) is 0 Å². The largest absolute Gasteiger partial charge is 0.479 e. The Morgan fingerprint density at radius 1 is 1.22 bits per heavy atom. The van der Waals surface area contributed by atoms with Crippen molar-refractivity contribution in [1.82, 2.24) is 5.32 Å². The summed E-state index contributed by atoms with van der Waals surface area (Å²) >= 11 is 0. The van der Waals surface area contributed by atoms with Crippen molar-refractivity contribution < 1.29 is 24.2 Å². The number of carbonyl (C=O) groups excluding carboxylic acids is 1. The van der Waals surface area contributed by atoms with Crippen LogP contribution >= 0.6 is 0 Å². The van der Waals surface area contributed by atoms with E-state index in [1.54, 1.807) is 40.0 Å². The molecule has 6 heteroatoms. The van der Waals surface area contributed by atoms with Gasteiger partial charge in [0, 0.05) is 13.7 Å². The van der Waals surface area contributed by atoms with Gasteiger partial charge in [0.1, 0.15) is 5.60 Å². The van der Waals surface area contributed by atoms with E-state index in [-0.39, 0.29) is 0 Å². The number of rotatable bonds is 7. The number of hydrogen-bond acceptors (Lipinski definition) is 4. The van der Waals surface area contributed by atoms with Crippen molar-refractivity contribution in [1.29, 1.82) is 0 Å². The van der Waals surface area contributed by atoms with E-state index in [1.165, 1.54) is 0 Å². The van der Waals surface area contributed by atoms with Crippen LogP contribution in [0.3, 0.4) is 0 Å². The minimum absolute atomic E-state index is 0.499. The Kier molecular flexibility index (Phi) is 7.03. The van der Waals surface area contributed by atoms with E-state index in [9.17, 15) is 14.7 Å². The Balaban J connectivity index is 2.74. The van der Waals surface area contributed by atoms with Gasteiger partial charge in [0.15, 0.2) is 6.04 Å². The van der Waals surface area contributed by atoms with Crippen LogP contribution < -0.4 is 5.32 Å². The number of carboxylic acids is 1. The van der Waals surface area contributed by atoms with E-state index in [4.69, 9.17) is 9.47 Å². The Morgan fingerprint density at radius 2 is 1.83 bits per heavy atom. The van der Waals surface area contributed by atoms with Crippen molar-refractivity contribution >= 4 is 12.1 Å². The van der Waals surface area contributed by atoms with Gasteiger partial charge in [0.25, 0.3) is 0 Å². The maximum Gasteiger partial charge on any atom is 0.408 e. The molecule has 1 aromatic rings. The lowest BCUT2D eigenvalue weighted by molar-refractivity contribution is -0.139. The molecule has 1 unspecified atom stereocenters. The van der Waals surface area contributed by atoms with Crippen molar-refractivity contribution in [3.05, 3.63) is 35.4 Å². The highest BCUT2D eigenvalue weighted by Crippen LogP contribution is 2.17. The molecule has 1 amide bonds. The van der Waals surface area contributed by atoms with Gasteiger partial charge >= 0.3 is 12.1 Å². The summed E-state index contributed by atoms with van der Waals surface area (Å²) in [6.07, 6.45) is 0.994. The molecule has 0 fully saturated rings. The third kappa shape index (κ3) is 7.15. The maximum absolute atomic E-state index is 11.8. The van der Waals surface area contributed by atoms with Crippen LogP contribution in [0.25, 0.3) is 0 Å². The monoisotopic (exact) mass is 323 g/mol. The molecule has 0 spiro atoms. The highest BCUT2D eigenvalue weighted by atomic mass is 16.6. The van der Waals surface area contributed by atoms with Crippen LogP contribution in [0.1, 0.15) is 44.4 Å². The molecular weight excluding hydrogens is 298 g/mol. The summed E-state index contributed by atoms with van der Waals surface area (Å²) in [5.74, 6) is -1.14. The van der Waals surface area contributed by atoms with Crippen molar-refractivity contribution in [2.75, 3.05) is 13.7 Å². The zero-order valence-electron chi connectivity index (χ0n) is 14.1. The van der Waals surface area contributed by atoms with Crippen LogP contribution in [0.5, 0.6) is 0 Å². The van der Waals surface area contributed by atoms with Crippen molar-refractivity contribution in [3.63, 3.8) is 0 Å². The summed E-state index contributed by atoms with van der Waals surface area (Å²) < 4.78 is 10.1.